The fourth-order valence-corrected chi connectivity index (χ4v) is 2.78. The molecule has 5 heteroatoms. The van der Waals surface area contributed by atoms with E-state index >= 15 is 0 Å². The molecular weight excluding hydrogens is 336 g/mol. The van der Waals surface area contributed by atoms with Crippen molar-refractivity contribution in [3.63, 3.8) is 0 Å². The summed E-state index contributed by atoms with van der Waals surface area (Å²) in [6.07, 6.45) is 1.63. The predicted octanol–water partition coefficient (Wildman–Crippen LogP) is 4.64. The van der Waals surface area contributed by atoms with Crippen LogP contribution in [0.4, 0.5) is 5.69 Å². The highest BCUT2D eigenvalue weighted by atomic mass is 35.5. The molecule has 0 aliphatic carbocycles. The molecule has 0 radical (unpaired) electrons. The van der Waals surface area contributed by atoms with E-state index in [2.05, 4.69) is 10.6 Å². The van der Waals surface area contributed by atoms with Crippen LogP contribution in [0.1, 0.15) is 24.3 Å². The molecule has 0 unspecified atom stereocenters. The van der Waals surface area contributed by atoms with Gasteiger partial charge in [0.25, 0.3) is 0 Å². The number of anilines is 1. The Morgan fingerprint density at radius 1 is 1.04 bits per heavy atom. The second kappa shape index (κ2) is 8.01. The highest BCUT2D eigenvalue weighted by molar-refractivity contribution is 6.30. The summed E-state index contributed by atoms with van der Waals surface area (Å²) in [5.74, 6) is 0.614. The molecule has 25 heavy (non-hydrogen) atoms. The van der Waals surface area contributed by atoms with Crippen LogP contribution in [-0.4, -0.2) is 11.9 Å². The van der Waals surface area contributed by atoms with Crippen LogP contribution in [0.15, 0.2) is 77.4 Å². The Kier molecular flexibility index (Phi) is 5.53. The van der Waals surface area contributed by atoms with Gasteiger partial charge in [-0.05, 0) is 42.8 Å². The molecule has 0 spiro atoms. The molecule has 2 aromatic carbocycles. The number of carbonyl (C=O) groups is 1. The molecule has 1 aromatic heterocycles. The fraction of sp³-hybridized carbons (Fsp3) is 0.150. The first-order valence-electron chi connectivity index (χ1n) is 8.04. The van der Waals surface area contributed by atoms with Crippen LogP contribution in [0.25, 0.3) is 0 Å². The number of carbonyl (C=O) groups excluding carboxylic acids is 1. The smallest absolute Gasteiger partial charge is 0.241 e. The molecule has 4 nitrogen and oxygen atoms in total. The molecule has 3 aromatic rings. The third-order valence-corrected chi connectivity index (χ3v) is 4.10. The Morgan fingerprint density at radius 2 is 1.84 bits per heavy atom. The maximum Gasteiger partial charge on any atom is 0.241 e. The minimum absolute atomic E-state index is 0.144. The standard InChI is InChI=1S/C20H19ClN2O2/c1-14(20(24)23-17-10-5-9-16(21)13-17)22-19(18-11-6-12-25-18)15-7-3-2-4-8-15/h2-14,19,22H,1H3,(H,23,24)/t14-,19+/m0/s1. The van der Waals surface area contributed by atoms with Crippen molar-refractivity contribution >= 4 is 23.2 Å². The van der Waals surface area contributed by atoms with Crippen LogP contribution >= 0.6 is 11.6 Å². The number of amides is 1. The first-order chi connectivity index (χ1) is 12.1. The summed E-state index contributed by atoms with van der Waals surface area (Å²) < 4.78 is 5.55. The molecular formula is C20H19ClN2O2. The van der Waals surface area contributed by atoms with E-state index in [-0.39, 0.29) is 11.9 Å². The van der Waals surface area contributed by atoms with Crippen molar-refractivity contribution in [3.05, 3.63) is 89.3 Å². The maximum atomic E-state index is 12.5. The average molecular weight is 355 g/mol. The minimum Gasteiger partial charge on any atom is -0.467 e. The van der Waals surface area contributed by atoms with Crippen LogP contribution in [0.3, 0.4) is 0 Å². The van der Waals surface area contributed by atoms with Crippen molar-refractivity contribution in [1.82, 2.24) is 5.32 Å². The summed E-state index contributed by atoms with van der Waals surface area (Å²) in [4.78, 5) is 12.5. The Balaban J connectivity index is 1.74. The van der Waals surface area contributed by atoms with Crippen molar-refractivity contribution in [1.29, 1.82) is 0 Å². The number of hydrogen-bond donors (Lipinski definition) is 2. The van der Waals surface area contributed by atoms with E-state index in [1.54, 1.807) is 30.5 Å². The van der Waals surface area contributed by atoms with Gasteiger partial charge in [-0.1, -0.05) is 48.0 Å². The van der Waals surface area contributed by atoms with Gasteiger partial charge >= 0.3 is 0 Å². The van der Waals surface area contributed by atoms with Gasteiger partial charge in [0.15, 0.2) is 0 Å². The Hall–Kier alpha value is -2.56. The number of rotatable bonds is 6. The van der Waals surface area contributed by atoms with Crippen LogP contribution in [0.2, 0.25) is 5.02 Å². The summed E-state index contributed by atoms with van der Waals surface area (Å²) in [6, 6.07) is 20.0. The van der Waals surface area contributed by atoms with Crippen LogP contribution in [0, 0.1) is 0 Å². The van der Waals surface area contributed by atoms with Crippen LogP contribution in [0.5, 0.6) is 0 Å². The topological polar surface area (TPSA) is 54.3 Å². The normalized spacial score (nSPS) is 13.2. The SMILES string of the molecule is C[C@H](N[C@H](c1ccccc1)c1ccco1)C(=O)Nc1cccc(Cl)c1. The molecule has 2 N–H and O–H groups in total. The Bertz CT molecular complexity index is 819. The van der Waals surface area contributed by atoms with E-state index in [0.29, 0.717) is 10.7 Å². The van der Waals surface area contributed by atoms with Crippen LogP contribution in [-0.2, 0) is 4.79 Å². The van der Waals surface area contributed by atoms with Gasteiger partial charge in [-0.2, -0.15) is 0 Å². The average Bonchev–Trinajstić information content (AvgIpc) is 3.14. The van der Waals surface area contributed by atoms with Crippen molar-refractivity contribution in [2.45, 2.75) is 19.0 Å². The van der Waals surface area contributed by atoms with Crippen molar-refractivity contribution in [2.24, 2.45) is 0 Å². The van der Waals surface area contributed by atoms with Gasteiger partial charge in [-0.3, -0.25) is 10.1 Å². The van der Waals surface area contributed by atoms with E-state index < -0.39 is 6.04 Å². The van der Waals surface area contributed by atoms with Gasteiger partial charge in [-0.25, -0.2) is 0 Å². The van der Waals surface area contributed by atoms with Crippen molar-refractivity contribution < 1.29 is 9.21 Å². The highest BCUT2D eigenvalue weighted by Gasteiger charge is 2.22. The molecule has 0 bridgehead atoms. The number of halogens is 1. The minimum atomic E-state index is -0.436. The number of hydrogen-bond acceptors (Lipinski definition) is 3. The van der Waals surface area contributed by atoms with E-state index in [1.165, 1.54) is 0 Å². The quantitative estimate of drug-likeness (QED) is 0.678. The van der Waals surface area contributed by atoms with E-state index in [4.69, 9.17) is 16.0 Å². The summed E-state index contributed by atoms with van der Waals surface area (Å²) in [5, 5.41) is 6.78. The molecule has 2 atom stereocenters. The second-order valence-electron chi connectivity index (χ2n) is 5.75. The van der Waals surface area contributed by atoms with Gasteiger partial charge in [0.1, 0.15) is 5.76 Å². The zero-order valence-electron chi connectivity index (χ0n) is 13.8. The summed E-state index contributed by atoms with van der Waals surface area (Å²) in [5.41, 5.74) is 1.69. The van der Waals surface area contributed by atoms with Gasteiger partial charge in [0.05, 0.1) is 18.3 Å². The molecule has 0 aliphatic heterocycles. The van der Waals surface area contributed by atoms with Gasteiger partial charge in [0.2, 0.25) is 5.91 Å². The number of benzene rings is 2. The Morgan fingerprint density at radius 3 is 2.52 bits per heavy atom. The predicted molar refractivity (Wildman–Crippen MR) is 99.7 cm³/mol. The maximum absolute atomic E-state index is 12.5. The monoisotopic (exact) mass is 354 g/mol. The zero-order chi connectivity index (χ0) is 17.6. The third kappa shape index (κ3) is 4.50. The van der Waals surface area contributed by atoms with Gasteiger partial charge < -0.3 is 9.73 Å². The van der Waals surface area contributed by atoms with Crippen molar-refractivity contribution in [2.75, 3.05) is 5.32 Å². The fourth-order valence-electron chi connectivity index (χ4n) is 2.59. The van der Waals surface area contributed by atoms with Gasteiger partial charge in [0, 0.05) is 10.7 Å². The molecule has 0 aliphatic rings. The first-order valence-corrected chi connectivity index (χ1v) is 8.42. The lowest BCUT2D eigenvalue weighted by Gasteiger charge is -2.22. The number of furan rings is 1. The van der Waals surface area contributed by atoms with Gasteiger partial charge in [-0.15, -0.1) is 0 Å². The lowest BCUT2D eigenvalue weighted by atomic mass is 10.0. The molecule has 0 fully saturated rings. The summed E-state index contributed by atoms with van der Waals surface area (Å²) in [6.45, 7) is 1.82. The molecule has 0 saturated heterocycles. The second-order valence-corrected chi connectivity index (χ2v) is 6.18. The Labute approximate surface area is 151 Å². The summed E-state index contributed by atoms with van der Waals surface area (Å²) >= 11 is 5.96. The third-order valence-electron chi connectivity index (χ3n) is 3.86. The molecule has 1 amide bonds. The lowest BCUT2D eigenvalue weighted by molar-refractivity contribution is -0.117. The molecule has 3 rings (SSSR count). The van der Waals surface area contributed by atoms with E-state index in [0.717, 1.165) is 11.3 Å². The highest BCUT2D eigenvalue weighted by Crippen LogP contribution is 2.23. The van der Waals surface area contributed by atoms with Crippen molar-refractivity contribution in [3.8, 4) is 0 Å². The largest absolute Gasteiger partial charge is 0.467 e. The lowest BCUT2D eigenvalue weighted by Crippen LogP contribution is -2.40. The van der Waals surface area contributed by atoms with E-state index in [9.17, 15) is 4.79 Å². The number of nitrogens with one attached hydrogen (secondary N) is 2. The first kappa shape index (κ1) is 17.3. The summed E-state index contributed by atoms with van der Waals surface area (Å²) in [7, 11) is 0. The van der Waals surface area contributed by atoms with E-state index in [1.807, 2.05) is 49.4 Å². The molecule has 128 valence electrons. The molecule has 0 saturated carbocycles. The van der Waals surface area contributed by atoms with Crippen LogP contribution < -0.4 is 10.6 Å². The molecule has 1 heterocycles. The zero-order valence-corrected chi connectivity index (χ0v) is 14.5.